The Labute approximate surface area is 124 Å². The molecule has 0 aliphatic carbocycles. The van der Waals surface area contributed by atoms with Crippen molar-refractivity contribution in [3.63, 3.8) is 0 Å². The molecule has 3 aliphatic rings. The Bertz CT molecular complexity index is 609. The van der Waals surface area contributed by atoms with Crippen LogP contribution in [-0.2, 0) is 4.74 Å². The van der Waals surface area contributed by atoms with Gasteiger partial charge in [0.2, 0.25) is 0 Å². The fourth-order valence-electron chi connectivity index (χ4n) is 3.70. The molecule has 21 heavy (non-hydrogen) atoms. The Morgan fingerprint density at radius 1 is 1.19 bits per heavy atom. The second-order valence-electron chi connectivity index (χ2n) is 6.09. The van der Waals surface area contributed by atoms with E-state index < -0.39 is 0 Å². The normalized spacial score (nSPS) is 28.2. The zero-order valence-corrected chi connectivity index (χ0v) is 12.0. The maximum atomic E-state index is 12.4. The molecule has 3 aliphatic heterocycles. The number of nitrogens with one attached hydrogen (secondary N) is 2. The zero-order valence-electron chi connectivity index (χ0n) is 12.0. The van der Waals surface area contributed by atoms with Gasteiger partial charge in [0.05, 0.1) is 13.2 Å². The van der Waals surface area contributed by atoms with Crippen LogP contribution < -0.4 is 10.6 Å². The fourth-order valence-corrected chi connectivity index (χ4v) is 3.70. The van der Waals surface area contributed by atoms with Crippen LogP contribution in [0.25, 0.3) is 5.57 Å². The standard InChI is InChI=1S/C17H20N2O2/c20-17-15-7-12(11-3-5-21-6-4-11)1-2-14(15)16-10-18-8-13(16)9-19-17/h1-3,7,13,16,18H,4-6,8-10H2,(H,19,20)/t13-,16+/m0/s1. The Morgan fingerprint density at radius 3 is 3.00 bits per heavy atom. The molecule has 4 nitrogen and oxygen atoms in total. The number of carbonyl (C=O) groups is 1. The summed E-state index contributed by atoms with van der Waals surface area (Å²) in [6.07, 6.45) is 3.05. The van der Waals surface area contributed by atoms with Crippen molar-refractivity contribution in [1.82, 2.24) is 10.6 Å². The second kappa shape index (κ2) is 5.28. The van der Waals surface area contributed by atoms with Gasteiger partial charge in [0.15, 0.2) is 0 Å². The van der Waals surface area contributed by atoms with Crippen LogP contribution in [0.1, 0.15) is 33.8 Å². The maximum Gasteiger partial charge on any atom is 0.251 e. The predicted octanol–water partition coefficient (Wildman–Crippen LogP) is 1.54. The molecule has 4 rings (SSSR count). The number of rotatable bonds is 1. The molecule has 1 saturated heterocycles. The van der Waals surface area contributed by atoms with Gasteiger partial charge in [0.1, 0.15) is 0 Å². The van der Waals surface area contributed by atoms with Gasteiger partial charge in [-0.05, 0) is 35.1 Å². The minimum absolute atomic E-state index is 0.0777. The Balaban J connectivity index is 1.76. The summed E-state index contributed by atoms with van der Waals surface area (Å²) in [7, 11) is 0. The molecular weight excluding hydrogens is 264 g/mol. The molecule has 0 radical (unpaired) electrons. The number of ether oxygens (including phenoxy) is 1. The van der Waals surface area contributed by atoms with Crippen LogP contribution in [0.3, 0.4) is 0 Å². The molecule has 0 aromatic heterocycles. The number of hydrogen-bond donors (Lipinski definition) is 2. The summed E-state index contributed by atoms with van der Waals surface area (Å²) in [6, 6.07) is 6.41. The van der Waals surface area contributed by atoms with Crippen LogP contribution in [0.15, 0.2) is 24.3 Å². The van der Waals surface area contributed by atoms with Crippen molar-refractivity contribution in [2.24, 2.45) is 5.92 Å². The summed E-state index contributed by atoms with van der Waals surface area (Å²) in [4.78, 5) is 12.4. The molecule has 0 spiro atoms. The first kappa shape index (κ1) is 13.0. The molecule has 0 bridgehead atoms. The van der Waals surface area contributed by atoms with Crippen molar-refractivity contribution in [2.45, 2.75) is 12.3 Å². The van der Waals surface area contributed by atoms with Crippen LogP contribution in [0.5, 0.6) is 0 Å². The average Bonchev–Trinajstić information content (AvgIpc) is 2.96. The Morgan fingerprint density at radius 2 is 2.14 bits per heavy atom. The van der Waals surface area contributed by atoms with Crippen LogP contribution in [-0.4, -0.2) is 38.8 Å². The largest absolute Gasteiger partial charge is 0.377 e. The Hall–Kier alpha value is -1.65. The third-order valence-corrected chi connectivity index (χ3v) is 4.90. The second-order valence-corrected chi connectivity index (χ2v) is 6.09. The van der Waals surface area contributed by atoms with E-state index in [1.54, 1.807) is 0 Å². The molecule has 0 saturated carbocycles. The van der Waals surface area contributed by atoms with Gasteiger partial charge >= 0.3 is 0 Å². The molecule has 2 atom stereocenters. The monoisotopic (exact) mass is 284 g/mol. The van der Waals surface area contributed by atoms with Crippen molar-refractivity contribution in [3.8, 4) is 0 Å². The smallest absolute Gasteiger partial charge is 0.251 e. The van der Waals surface area contributed by atoms with Gasteiger partial charge in [-0.3, -0.25) is 4.79 Å². The third kappa shape index (κ3) is 2.28. The number of amides is 1. The van der Waals surface area contributed by atoms with Crippen molar-refractivity contribution in [2.75, 3.05) is 32.8 Å². The SMILES string of the molecule is O=C1NC[C@@H]2CNC[C@H]2c2ccc(C3=CCOCC3)cc21. The molecule has 2 N–H and O–H groups in total. The molecule has 110 valence electrons. The molecule has 1 amide bonds. The van der Waals surface area contributed by atoms with E-state index in [0.29, 0.717) is 18.4 Å². The topological polar surface area (TPSA) is 50.4 Å². The van der Waals surface area contributed by atoms with E-state index >= 15 is 0 Å². The van der Waals surface area contributed by atoms with Gasteiger partial charge in [-0.2, -0.15) is 0 Å². The van der Waals surface area contributed by atoms with E-state index in [-0.39, 0.29) is 5.91 Å². The van der Waals surface area contributed by atoms with Crippen molar-refractivity contribution in [1.29, 1.82) is 0 Å². The summed E-state index contributed by atoms with van der Waals surface area (Å²) >= 11 is 0. The predicted molar refractivity (Wildman–Crippen MR) is 81.3 cm³/mol. The molecule has 0 unspecified atom stereocenters. The number of benzene rings is 1. The van der Waals surface area contributed by atoms with E-state index in [4.69, 9.17) is 4.74 Å². The molecule has 4 heteroatoms. The number of fused-ring (bicyclic) bond motifs is 3. The van der Waals surface area contributed by atoms with Crippen LogP contribution >= 0.6 is 0 Å². The highest BCUT2D eigenvalue weighted by Crippen LogP contribution is 2.34. The average molecular weight is 284 g/mol. The van der Waals surface area contributed by atoms with Gasteiger partial charge in [0.25, 0.3) is 5.91 Å². The summed E-state index contributed by atoms with van der Waals surface area (Å²) in [5.41, 5.74) is 4.52. The van der Waals surface area contributed by atoms with Crippen molar-refractivity contribution in [3.05, 3.63) is 41.0 Å². The first-order valence-electron chi connectivity index (χ1n) is 7.73. The van der Waals surface area contributed by atoms with E-state index in [2.05, 4.69) is 34.9 Å². The van der Waals surface area contributed by atoms with Gasteiger partial charge in [0, 0.05) is 31.1 Å². The summed E-state index contributed by atoms with van der Waals surface area (Å²) in [5, 5.41) is 6.53. The van der Waals surface area contributed by atoms with E-state index in [1.165, 1.54) is 11.1 Å². The first-order chi connectivity index (χ1) is 10.3. The number of carbonyl (C=O) groups excluding carboxylic acids is 1. The molecule has 1 aromatic rings. The van der Waals surface area contributed by atoms with E-state index in [0.717, 1.165) is 43.8 Å². The van der Waals surface area contributed by atoms with Gasteiger partial charge < -0.3 is 15.4 Å². The minimum atomic E-state index is 0.0777. The lowest BCUT2D eigenvalue weighted by atomic mass is 9.85. The third-order valence-electron chi connectivity index (χ3n) is 4.90. The summed E-state index contributed by atoms with van der Waals surface area (Å²) < 4.78 is 5.37. The minimum Gasteiger partial charge on any atom is -0.377 e. The lowest BCUT2D eigenvalue weighted by Gasteiger charge is -2.18. The quantitative estimate of drug-likeness (QED) is 0.822. The molecular formula is C17H20N2O2. The highest BCUT2D eigenvalue weighted by atomic mass is 16.5. The van der Waals surface area contributed by atoms with Crippen molar-refractivity contribution < 1.29 is 9.53 Å². The van der Waals surface area contributed by atoms with Crippen LogP contribution in [0.2, 0.25) is 0 Å². The highest BCUT2D eigenvalue weighted by molar-refractivity contribution is 5.97. The molecule has 3 heterocycles. The Kier molecular flexibility index (Phi) is 3.28. The lowest BCUT2D eigenvalue weighted by Crippen LogP contribution is -2.28. The maximum absolute atomic E-state index is 12.4. The lowest BCUT2D eigenvalue weighted by molar-refractivity contribution is 0.0952. The summed E-state index contributed by atoms with van der Waals surface area (Å²) in [5.74, 6) is 1.05. The van der Waals surface area contributed by atoms with Crippen molar-refractivity contribution >= 4 is 11.5 Å². The zero-order chi connectivity index (χ0) is 14.2. The van der Waals surface area contributed by atoms with Crippen LogP contribution in [0.4, 0.5) is 0 Å². The first-order valence-corrected chi connectivity index (χ1v) is 7.73. The highest BCUT2D eigenvalue weighted by Gasteiger charge is 2.34. The van der Waals surface area contributed by atoms with E-state index in [9.17, 15) is 4.79 Å². The van der Waals surface area contributed by atoms with E-state index in [1.807, 2.05) is 0 Å². The molecule has 1 aromatic carbocycles. The van der Waals surface area contributed by atoms with Gasteiger partial charge in [-0.15, -0.1) is 0 Å². The van der Waals surface area contributed by atoms with Gasteiger partial charge in [-0.1, -0.05) is 18.2 Å². The number of hydrogen-bond acceptors (Lipinski definition) is 3. The summed E-state index contributed by atoms with van der Waals surface area (Å²) in [6.45, 7) is 4.19. The van der Waals surface area contributed by atoms with Crippen LogP contribution in [0, 0.1) is 5.92 Å². The fraction of sp³-hybridized carbons (Fsp3) is 0.471. The molecule has 1 fully saturated rings. The van der Waals surface area contributed by atoms with Gasteiger partial charge in [-0.25, -0.2) is 0 Å².